The van der Waals surface area contributed by atoms with Crippen molar-refractivity contribution < 1.29 is 14.2 Å². The highest BCUT2D eigenvalue weighted by Crippen LogP contribution is 2.31. The standard InChI is InChI=1S/C17H19N3O3/c18-12-13-4-3-5-15(17(13)14-7-8-19-20-14)21-10-11-23-16-6-1-2-9-22-16/h3-5,7-8,16H,1-2,6,9-11H2,(H,19,20). The summed E-state index contributed by atoms with van der Waals surface area (Å²) in [5, 5.41) is 16.1. The van der Waals surface area contributed by atoms with E-state index in [4.69, 9.17) is 14.2 Å². The average Bonchev–Trinajstić information content (AvgIpc) is 3.13. The van der Waals surface area contributed by atoms with Crippen LogP contribution in [0.1, 0.15) is 24.8 Å². The van der Waals surface area contributed by atoms with Crippen molar-refractivity contribution in [2.75, 3.05) is 19.8 Å². The maximum atomic E-state index is 9.30. The van der Waals surface area contributed by atoms with Crippen LogP contribution in [-0.4, -0.2) is 36.3 Å². The Morgan fingerprint density at radius 3 is 3.00 bits per heavy atom. The van der Waals surface area contributed by atoms with E-state index in [0.717, 1.165) is 37.1 Å². The van der Waals surface area contributed by atoms with Crippen LogP contribution in [0.25, 0.3) is 11.3 Å². The summed E-state index contributed by atoms with van der Waals surface area (Å²) >= 11 is 0. The second kappa shape index (κ2) is 7.77. The fraction of sp³-hybridized carbons (Fsp3) is 0.412. The minimum Gasteiger partial charge on any atom is -0.490 e. The maximum absolute atomic E-state index is 9.30. The first-order chi connectivity index (χ1) is 11.4. The van der Waals surface area contributed by atoms with Crippen LogP contribution in [0.4, 0.5) is 0 Å². The van der Waals surface area contributed by atoms with Crippen LogP contribution in [0.3, 0.4) is 0 Å². The Morgan fingerprint density at radius 1 is 1.30 bits per heavy atom. The first-order valence-electron chi connectivity index (χ1n) is 7.77. The fourth-order valence-corrected chi connectivity index (χ4v) is 2.59. The van der Waals surface area contributed by atoms with Crippen molar-refractivity contribution in [3.05, 3.63) is 36.0 Å². The van der Waals surface area contributed by atoms with Gasteiger partial charge in [0.05, 0.1) is 29.5 Å². The van der Waals surface area contributed by atoms with Gasteiger partial charge in [0.1, 0.15) is 12.4 Å². The van der Waals surface area contributed by atoms with Crippen LogP contribution < -0.4 is 4.74 Å². The second-order valence-electron chi connectivity index (χ2n) is 5.28. The topological polar surface area (TPSA) is 80.2 Å². The van der Waals surface area contributed by atoms with Gasteiger partial charge in [0, 0.05) is 12.8 Å². The third-order valence-corrected chi connectivity index (χ3v) is 3.70. The number of benzene rings is 1. The lowest BCUT2D eigenvalue weighted by Gasteiger charge is -2.22. The molecule has 0 spiro atoms. The molecule has 2 heterocycles. The van der Waals surface area contributed by atoms with Crippen molar-refractivity contribution in [3.8, 4) is 23.1 Å². The smallest absolute Gasteiger partial charge is 0.157 e. The largest absolute Gasteiger partial charge is 0.490 e. The fourth-order valence-electron chi connectivity index (χ4n) is 2.59. The summed E-state index contributed by atoms with van der Waals surface area (Å²) in [6, 6.07) is 9.41. The van der Waals surface area contributed by atoms with Crippen molar-refractivity contribution in [1.82, 2.24) is 10.2 Å². The number of hydrogen-bond acceptors (Lipinski definition) is 5. The second-order valence-corrected chi connectivity index (χ2v) is 5.28. The molecule has 0 saturated carbocycles. The van der Waals surface area contributed by atoms with E-state index < -0.39 is 0 Å². The van der Waals surface area contributed by atoms with Gasteiger partial charge < -0.3 is 14.2 Å². The highest BCUT2D eigenvalue weighted by molar-refractivity contribution is 5.73. The van der Waals surface area contributed by atoms with Crippen molar-refractivity contribution in [2.45, 2.75) is 25.6 Å². The van der Waals surface area contributed by atoms with Crippen LogP contribution in [0, 0.1) is 11.3 Å². The third-order valence-electron chi connectivity index (χ3n) is 3.70. The molecule has 6 nitrogen and oxygen atoms in total. The summed E-state index contributed by atoms with van der Waals surface area (Å²) in [6.07, 6.45) is 4.70. The zero-order valence-corrected chi connectivity index (χ0v) is 12.8. The van der Waals surface area contributed by atoms with E-state index in [9.17, 15) is 5.26 Å². The summed E-state index contributed by atoms with van der Waals surface area (Å²) in [5.41, 5.74) is 2.03. The van der Waals surface area contributed by atoms with E-state index in [1.54, 1.807) is 18.3 Å². The number of aromatic nitrogens is 2. The summed E-state index contributed by atoms with van der Waals surface area (Å²) in [4.78, 5) is 0. The van der Waals surface area contributed by atoms with Gasteiger partial charge >= 0.3 is 0 Å². The summed E-state index contributed by atoms with van der Waals surface area (Å²) < 4.78 is 17.0. The Balaban J connectivity index is 1.62. The van der Waals surface area contributed by atoms with E-state index in [1.807, 2.05) is 12.1 Å². The van der Waals surface area contributed by atoms with Crippen LogP contribution in [-0.2, 0) is 9.47 Å². The van der Waals surface area contributed by atoms with Gasteiger partial charge in [-0.25, -0.2) is 0 Å². The molecule has 0 bridgehead atoms. The van der Waals surface area contributed by atoms with Gasteiger partial charge in [-0.1, -0.05) is 6.07 Å². The Labute approximate surface area is 135 Å². The molecule has 1 fully saturated rings. The molecule has 1 unspecified atom stereocenters. The van der Waals surface area contributed by atoms with Crippen LogP contribution >= 0.6 is 0 Å². The Hall–Kier alpha value is -2.36. The molecule has 0 amide bonds. The summed E-state index contributed by atoms with van der Waals surface area (Å²) in [7, 11) is 0. The molecule has 1 N–H and O–H groups in total. The Bertz CT molecular complexity index is 658. The van der Waals surface area contributed by atoms with Crippen molar-refractivity contribution >= 4 is 0 Å². The zero-order valence-electron chi connectivity index (χ0n) is 12.8. The number of nitrogens with zero attached hydrogens (tertiary/aromatic N) is 2. The van der Waals surface area contributed by atoms with E-state index >= 15 is 0 Å². The van der Waals surface area contributed by atoms with E-state index in [1.165, 1.54) is 0 Å². The number of nitriles is 1. The molecule has 120 valence electrons. The number of aromatic amines is 1. The molecular formula is C17H19N3O3. The molecule has 1 aromatic carbocycles. The normalized spacial score (nSPS) is 17.6. The molecule has 1 aliphatic heterocycles. The van der Waals surface area contributed by atoms with Gasteiger partial charge in [0.2, 0.25) is 0 Å². The molecule has 23 heavy (non-hydrogen) atoms. The van der Waals surface area contributed by atoms with Gasteiger partial charge in [-0.3, -0.25) is 5.10 Å². The quantitative estimate of drug-likeness (QED) is 0.829. The molecule has 1 saturated heterocycles. The monoisotopic (exact) mass is 313 g/mol. The molecule has 0 aliphatic carbocycles. The number of H-pyrrole nitrogens is 1. The Kier molecular flexibility index (Phi) is 5.25. The van der Waals surface area contributed by atoms with Crippen molar-refractivity contribution in [2.24, 2.45) is 0 Å². The van der Waals surface area contributed by atoms with Gasteiger partial charge in [-0.05, 0) is 37.5 Å². The van der Waals surface area contributed by atoms with E-state index in [2.05, 4.69) is 16.3 Å². The molecule has 6 heteroatoms. The SMILES string of the molecule is N#Cc1cccc(OCCOC2CCCCO2)c1-c1ccn[nH]1. The average molecular weight is 313 g/mol. The zero-order chi connectivity index (χ0) is 15.9. The van der Waals surface area contributed by atoms with Crippen LogP contribution in [0.5, 0.6) is 5.75 Å². The summed E-state index contributed by atoms with van der Waals surface area (Å²) in [5.74, 6) is 0.640. The van der Waals surface area contributed by atoms with E-state index in [0.29, 0.717) is 24.5 Å². The van der Waals surface area contributed by atoms with Crippen LogP contribution in [0.15, 0.2) is 30.5 Å². The number of nitrogens with one attached hydrogen (secondary N) is 1. The predicted octanol–water partition coefficient (Wildman–Crippen LogP) is 2.87. The predicted molar refractivity (Wildman–Crippen MR) is 83.8 cm³/mol. The first kappa shape index (κ1) is 15.5. The summed E-state index contributed by atoms with van der Waals surface area (Å²) in [6.45, 7) is 1.61. The molecule has 1 aliphatic rings. The van der Waals surface area contributed by atoms with Crippen molar-refractivity contribution in [3.63, 3.8) is 0 Å². The lowest BCUT2D eigenvalue weighted by Crippen LogP contribution is -2.24. The number of ether oxygens (including phenoxy) is 3. The third kappa shape index (κ3) is 3.89. The molecule has 1 atom stereocenters. The highest BCUT2D eigenvalue weighted by atomic mass is 16.7. The maximum Gasteiger partial charge on any atom is 0.157 e. The Morgan fingerprint density at radius 2 is 2.26 bits per heavy atom. The first-order valence-corrected chi connectivity index (χ1v) is 7.77. The molecule has 0 radical (unpaired) electrons. The highest BCUT2D eigenvalue weighted by Gasteiger charge is 2.15. The molecular weight excluding hydrogens is 294 g/mol. The number of hydrogen-bond donors (Lipinski definition) is 1. The lowest BCUT2D eigenvalue weighted by atomic mass is 10.0. The van der Waals surface area contributed by atoms with E-state index in [-0.39, 0.29) is 6.29 Å². The minimum absolute atomic E-state index is 0.120. The van der Waals surface area contributed by atoms with Gasteiger partial charge in [0.15, 0.2) is 6.29 Å². The van der Waals surface area contributed by atoms with Crippen LogP contribution in [0.2, 0.25) is 0 Å². The number of rotatable bonds is 6. The van der Waals surface area contributed by atoms with Crippen molar-refractivity contribution in [1.29, 1.82) is 5.26 Å². The molecule has 1 aromatic heterocycles. The van der Waals surface area contributed by atoms with Gasteiger partial charge in [0.25, 0.3) is 0 Å². The molecule has 3 rings (SSSR count). The molecule has 2 aromatic rings. The van der Waals surface area contributed by atoms with Gasteiger partial charge in [-0.2, -0.15) is 10.4 Å². The minimum atomic E-state index is -0.120. The lowest BCUT2D eigenvalue weighted by molar-refractivity contribution is -0.165. The van der Waals surface area contributed by atoms with Gasteiger partial charge in [-0.15, -0.1) is 0 Å².